The first-order chi connectivity index (χ1) is 16.6. The third-order valence-electron chi connectivity index (χ3n) is 5.08. The van der Waals surface area contributed by atoms with E-state index in [4.69, 9.17) is 14.2 Å². The average Bonchev–Trinajstić information content (AvgIpc) is 2.88. The van der Waals surface area contributed by atoms with Gasteiger partial charge in [-0.25, -0.2) is 4.79 Å². The van der Waals surface area contributed by atoms with Crippen molar-refractivity contribution in [3.05, 3.63) is 77.9 Å². The minimum Gasteiger partial charge on any atom is -0.493 e. The summed E-state index contributed by atoms with van der Waals surface area (Å²) in [5, 5.41) is 3.55. The fourth-order valence-electron chi connectivity index (χ4n) is 3.32. The van der Waals surface area contributed by atoms with Crippen LogP contribution in [0, 0.1) is 0 Å². The average molecular weight is 526 g/mol. The van der Waals surface area contributed by atoms with Crippen LogP contribution in [0.25, 0.3) is 11.1 Å². The molecule has 178 valence electrons. The minimum absolute atomic E-state index is 0.260. The number of ether oxygens (including phenoxy) is 3. The Bertz CT molecular complexity index is 1120. The molecule has 3 aromatic rings. The number of hydrogen-bond acceptors (Lipinski definition) is 5. The van der Waals surface area contributed by atoms with E-state index in [0.29, 0.717) is 41.3 Å². The van der Waals surface area contributed by atoms with Gasteiger partial charge in [0.25, 0.3) is 5.91 Å². The second-order valence-corrected chi connectivity index (χ2v) is 8.26. The molecule has 0 spiro atoms. The molecule has 0 bridgehead atoms. The molecule has 0 atom stereocenters. The molecule has 0 radical (unpaired) electrons. The number of amides is 1. The van der Waals surface area contributed by atoms with E-state index >= 15 is 0 Å². The van der Waals surface area contributed by atoms with Gasteiger partial charge in [0.1, 0.15) is 11.5 Å². The summed E-state index contributed by atoms with van der Waals surface area (Å²) in [6, 6.07) is 20.1. The van der Waals surface area contributed by atoms with Gasteiger partial charge in [-0.3, -0.25) is 4.79 Å². The largest absolute Gasteiger partial charge is 0.493 e. The number of unbranched alkanes of at least 4 members (excludes halogenated alkanes) is 1. The van der Waals surface area contributed by atoms with Crippen molar-refractivity contribution in [1.29, 1.82) is 0 Å². The summed E-state index contributed by atoms with van der Waals surface area (Å²) < 4.78 is 16.5. The molecule has 7 heteroatoms. The van der Waals surface area contributed by atoms with Gasteiger partial charge in [-0.1, -0.05) is 65.7 Å². The summed E-state index contributed by atoms with van der Waals surface area (Å²) in [6.45, 7) is 3.03. The molecule has 3 aromatic carbocycles. The highest BCUT2D eigenvalue weighted by atomic mass is 79.9. The number of hydrogen-bond donors (Lipinski definition) is 1. The van der Waals surface area contributed by atoms with Gasteiger partial charge in [0.05, 0.1) is 37.1 Å². The fourth-order valence-corrected chi connectivity index (χ4v) is 3.48. The molecule has 0 saturated heterocycles. The lowest BCUT2D eigenvalue weighted by molar-refractivity contribution is 0.0602. The zero-order valence-electron chi connectivity index (χ0n) is 19.3. The van der Waals surface area contributed by atoms with Crippen LogP contribution < -0.4 is 14.8 Å². The molecule has 1 N–H and O–H groups in total. The highest BCUT2D eigenvalue weighted by molar-refractivity contribution is 9.09. The van der Waals surface area contributed by atoms with E-state index in [1.54, 1.807) is 30.3 Å². The van der Waals surface area contributed by atoms with Gasteiger partial charge in [0.2, 0.25) is 0 Å². The number of nitrogens with one attached hydrogen (secondary N) is 1. The van der Waals surface area contributed by atoms with Crippen LogP contribution in [0.5, 0.6) is 11.5 Å². The Kier molecular flexibility index (Phi) is 9.52. The number of rotatable bonds is 11. The molecule has 3 rings (SSSR count). The van der Waals surface area contributed by atoms with Gasteiger partial charge in [-0.05, 0) is 47.9 Å². The highest BCUT2D eigenvalue weighted by Gasteiger charge is 2.19. The molecular formula is C27H28BrNO5. The van der Waals surface area contributed by atoms with Gasteiger partial charge >= 0.3 is 5.97 Å². The van der Waals surface area contributed by atoms with Gasteiger partial charge in [-0.2, -0.15) is 0 Å². The van der Waals surface area contributed by atoms with Gasteiger partial charge in [0.15, 0.2) is 0 Å². The number of alkyl halides is 1. The number of esters is 1. The van der Waals surface area contributed by atoms with Crippen LogP contribution in [0.3, 0.4) is 0 Å². The van der Waals surface area contributed by atoms with Crippen molar-refractivity contribution in [3.63, 3.8) is 0 Å². The maximum Gasteiger partial charge on any atom is 0.339 e. The molecule has 0 aliphatic heterocycles. The third-order valence-corrected chi connectivity index (χ3v) is 5.40. The maximum absolute atomic E-state index is 13.4. The third kappa shape index (κ3) is 6.60. The summed E-state index contributed by atoms with van der Waals surface area (Å²) in [5.41, 5.74) is 2.75. The van der Waals surface area contributed by atoms with Crippen molar-refractivity contribution < 1.29 is 23.8 Å². The van der Waals surface area contributed by atoms with Crippen molar-refractivity contribution in [3.8, 4) is 22.6 Å². The Morgan fingerprint density at radius 2 is 1.68 bits per heavy atom. The molecule has 6 nitrogen and oxygen atoms in total. The number of carbonyl (C=O) groups excluding carboxylic acids is 2. The van der Waals surface area contributed by atoms with Gasteiger partial charge < -0.3 is 19.5 Å². The number of methoxy groups -OCH3 is 1. The molecule has 0 heterocycles. The number of halogens is 1. The molecule has 34 heavy (non-hydrogen) atoms. The second-order valence-electron chi connectivity index (χ2n) is 7.47. The summed E-state index contributed by atoms with van der Waals surface area (Å²) in [7, 11) is 1.31. The molecule has 0 unspecified atom stereocenters. The first kappa shape index (κ1) is 25.3. The second kappa shape index (κ2) is 12.8. The van der Waals surface area contributed by atoms with Crippen molar-refractivity contribution >= 4 is 33.5 Å². The van der Waals surface area contributed by atoms with Crippen molar-refractivity contribution in [2.24, 2.45) is 0 Å². The molecule has 1 amide bonds. The van der Waals surface area contributed by atoms with Crippen molar-refractivity contribution in [2.45, 2.75) is 19.8 Å². The van der Waals surface area contributed by atoms with Crippen LogP contribution in [0.15, 0.2) is 66.7 Å². The van der Waals surface area contributed by atoms with E-state index in [1.807, 2.05) is 36.4 Å². The molecule has 0 aliphatic carbocycles. The monoisotopic (exact) mass is 525 g/mol. The van der Waals surface area contributed by atoms with Crippen LogP contribution in [0.4, 0.5) is 5.69 Å². The van der Waals surface area contributed by atoms with E-state index in [-0.39, 0.29) is 5.56 Å². The lowest BCUT2D eigenvalue weighted by atomic mass is 10.0. The zero-order valence-corrected chi connectivity index (χ0v) is 20.9. The van der Waals surface area contributed by atoms with Crippen molar-refractivity contribution in [2.75, 3.05) is 31.0 Å². The Morgan fingerprint density at radius 1 is 0.882 bits per heavy atom. The first-order valence-electron chi connectivity index (χ1n) is 11.1. The van der Waals surface area contributed by atoms with Crippen LogP contribution >= 0.6 is 15.9 Å². The predicted octanol–water partition coefficient (Wildman–Crippen LogP) is 6.35. The minimum atomic E-state index is -0.538. The summed E-state index contributed by atoms with van der Waals surface area (Å²) in [5.74, 6) is 0.0598. The summed E-state index contributed by atoms with van der Waals surface area (Å²) in [4.78, 5) is 25.8. The molecule has 0 aliphatic rings. The van der Waals surface area contributed by atoms with E-state index < -0.39 is 11.9 Å². The Hall–Kier alpha value is -3.32. The van der Waals surface area contributed by atoms with E-state index in [1.165, 1.54) is 7.11 Å². The summed E-state index contributed by atoms with van der Waals surface area (Å²) >= 11 is 3.34. The normalized spacial score (nSPS) is 10.4. The van der Waals surface area contributed by atoms with Gasteiger partial charge in [0, 0.05) is 5.33 Å². The van der Waals surface area contributed by atoms with E-state index in [0.717, 1.165) is 24.0 Å². The standard InChI is InChI=1S/C27H28BrNO5/c1-3-4-15-34-25-13-11-21(33-16-14-28)18-23(25)26(30)29-24-17-20(19-8-6-5-7-9-19)10-12-22(24)27(31)32-2/h5-13,17-18H,3-4,14-16H2,1-2H3,(H,29,30). The quantitative estimate of drug-likeness (QED) is 0.179. The number of carbonyl (C=O) groups is 2. The lowest BCUT2D eigenvalue weighted by Gasteiger charge is -2.16. The zero-order chi connectivity index (χ0) is 24.3. The Labute approximate surface area is 208 Å². The van der Waals surface area contributed by atoms with Crippen LogP contribution in [-0.4, -0.2) is 37.5 Å². The number of anilines is 1. The summed E-state index contributed by atoms with van der Waals surface area (Å²) in [6.07, 6.45) is 1.84. The maximum atomic E-state index is 13.4. The van der Waals surface area contributed by atoms with E-state index in [2.05, 4.69) is 28.2 Å². The van der Waals surface area contributed by atoms with Crippen LogP contribution in [0.2, 0.25) is 0 Å². The Morgan fingerprint density at radius 3 is 2.38 bits per heavy atom. The van der Waals surface area contributed by atoms with Crippen molar-refractivity contribution in [1.82, 2.24) is 0 Å². The molecule has 0 aromatic heterocycles. The lowest BCUT2D eigenvalue weighted by Crippen LogP contribution is -2.17. The molecule has 0 fully saturated rings. The molecule has 0 saturated carbocycles. The van der Waals surface area contributed by atoms with E-state index in [9.17, 15) is 9.59 Å². The molecular weight excluding hydrogens is 498 g/mol. The number of benzene rings is 3. The fraction of sp³-hybridized carbons (Fsp3) is 0.259. The highest BCUT2D eigenvalue weighted by Crippen LogP contribution is 2.29. The predicted molar refractivity (Wildman–Crippen MR) is 137 cm³/mol. The first-order valence-corrected chi connectivity index (χ1v) is 12.2. The smallest absolute Gasteiger partial charge is 0.339 e. The topological polar surface area (TPSA) is 73.9 Å². The Balaban J connectivity index is 1.97. The van der Waals surface area contributed by atoms with Gasteiger partial charge in [-0.15, -0.1) is 0 Å². The SMILES string of the molecule is CCCCOc1ccc(OCCBr)cc1C(=O)Nc1cc(-c2ccccc2)ccc1C(=O)OC. The van der Waals surface area contributed by atoms with Crippen LogP contribution in [0.1, 0.15) is 40.5 Å². The van der Waals surface area contributed by atoms with Crippen LogP contribution in [-0.2, 0) is 4.74 Å².